The minimum Gasteiger partial charge on any atom is -0.311 e. The average molecular weight is 925 g/mol. The summed E-state index contributed by atoms with van der Waals surface area (Å²) in [5.74, 6) is 0.359. The second-order valence-corrected chi connectivity index (χ2v) is 19.9. The fourth-order valence-electron chi connectivity index (χ4n) is 12.2. The van der Waals surface area contributed by atoms with Gasteiger partial charge in [-0.25, -0.2) is 0 Å². The van der Waals surface area contributed by atoms with Gasteiger partial charge in [0.25, 0.3) is 0 Å². The largest absolute Gasteiger partial charge is 0.311 e. The molecule has 13 rings (SSSR count). The van der Waals surface area contributed by atoms with E-state index < -0.39 is 0 Å². The topological polar surface area (TPSA) is 6.48 Å². The molecule has 3 aliphatic rings. The Hall–Kier alpha value is -8.46. The van der Waals surface area contributed by atoms with E-state index in [9.17, 15) is 0 Å². The van der Waals surface area contributed by atoms with Crippen LogP contribution in [-0.4, -0.2) is 0 Å². The van der Waals surface area contributed by atoms with E-state index in [1.807, 2.05) is 0 Å². The number of fused-ring (bicyclic) bond motifs is 6. The Bertz CT molecular complexity index is 3560. The lowest BCUT2D eigenvalue weighted by Gasteiger charge is -2.37. The quantitative estimate of drug-likeness (QED) is 0.135. The maximum Gasteiger partial charge on any atom is 0.0540 e. The van der Waals surface area contributed by atoms with Crippen molar-refractivity contribution >= 4 is 39.2 Å². The minimum atomic E-state index is 0.0785. The van der Waals surface area contributed by atoms with Gasteiger partial charge in [-0.1, -0.05) is 213 Å². The minimum absolute atomic E-state index is 0.0785. The molecule has 1 fully saturated rings. The van der Waals surface area contributed by atoms with Crippen molar-refractivity contribution in [3.63, 3.8) is 0 Å². The Morgan fingerprint density at radius 2 is 0.931 bits per heavy atom. The predicted octanol–water partition coefficient (Wildman–Crippen LogP) is 19.3. The summed E-state index contributed by atoms with van der Waals surface area (Å²) in [6.45, 7) is 0. The fourth-order valence-corrected chi connectivity index (χ4v) is 12.2. The third-order valence-corrected chi connectivity index (χ3v) is 15.8. The molecule has 2 heteroatoms. The van der Waals surface area contributed by atoms with Crippen molar-refractivity contribution < 1.29 is 0 Å². The first-order valence-corrected chi connectivity index (χ1v) is 25.9. The number of nitrogens with zero attached hydrogens (tertiary/aromatic N) is 2. The monoisotopic (exact) mass is 924 g/mol. The summed E-state index contributed by atoms with van der Waals surface area (Å²) in [7, 11) is 0. The van der Waals surface area contributed by atoms with Gasteiger partial charge in [0, 0.05) is 45.2 Å². The first-order valence-electron chi connectivity index (χ1n) is 25.9. The van der Waals surface area contributed by atoms with Crippen LogP contribution in [0.3, 0.4) is 0 Å². The van der Waals surface area contributed by atoms with Gasteiger partial charge in [-0.15, -0.1) is 0 Å². The number of hydrogen-bond acceptors (Lipinski definition) is 2. The van der Waals surface area contributed by atoms with E-state index in [1.165, 1.54) is 115 Å². The summed E-state index contributed by atoms with van der Waals surface area (Å²) < 4.78 is 0. The highest BCUT2D eigenvalue weighted by atomic mass is 15.2. The van der Waals surface area contributed by atoms with E-state index in [4.69, 9.17) is 0 Å². The zero-order valence-electron chi connectivity index (χ0n) is 40.5. The Balaban J connectivity index is 0.881. The van der Waals surface area contributed by atoms with Crippen molar-refractivity contribution in [2.45, 2.75) is 49.9 Å². The van der Waals surface area contributed by atoms with Crippen LogP contribution >= 0.6 is 0 Å². The van der Waals surface area contributed by atoms with Gasteiger partial charge in [0.2, 0.25) is 0 Å². The van der Waals surface area contributed by atoms with Crippen molar-refractivity contribution in [2.24, 2.45) is 0 Å². The fraction of sp³-hybridized carbons (Fsp3) is 0.114. The molecule has 1 spiro atoms. The van der Waals surface area contributed by atoms with E-state index in [-0.39, 0.29) is 5.41 Å². The van der Waals surface area contributed by atoms with Crippen LogP contribution in [0.2, 0.25) is 0 Å². The molecule has 72 heavy (non-hydrogen) atoms. The zero-order chi connectivity index (χ0) is 47.8. The maximum absolute atomic E-state index is 2.55. The third-order valence-electron chi connectivity index (χ3n) is 15.8. The molecule has 10 aromatic carbocycles. The van der Waals surface area contributed by atoms with Crippen LogP contribution in [-0.2, 0) is 5.41 Å². The van der Waals surface area contributed by atoms with E-state index >= 15 is 0 Å². The van der Waals surface area contributed by atoms with Crippen LogP contribution in [0.15, 0.2) is 267 Å². The number of rotatable bonds is 10. The second kappa shape index (κ2) is 18.7. The molecule has 0 amide bonds. The van der Waals surface area contributed by atoms with Gasteiger partial charge in [0.1, 0.15) is 0 Å². The van der Waals surface area contributed by atoms with Crippen LogP contribution in [0.5, 0.6) is 0 Å². The van der Waals surface area contributed by atoms with Crippen molar-refractivity contribution in [1.82, 2.24) is 0 Å². The Kier molecular flexibility index (Phi) is 11.3. The normalized spacial score (nSPS) is 15.4. The van der Waals surface area contributed by atoms with Crippen LogP contribution in [0, 0.1) is 0 Å². The van der Waals surface area contributed by atoms with Crippen molar-refractivity contribution in [1.29, 1.82) is 0 Å². The Morgan fingerprint density at radius 3 is 1.60 bits per heavy atom. The summed E-state index contributed by atoms with van der Waals surface area (Å²) in [4.78, 5) is 4.94. The van der Waals surface area contributed by atoms with Gasteiger partial charge in [0.15, 0.2) is 0 Å². The summed E-state index contributed by atoms with van der Waals surface area (Å²) in [5, 5.41) is 2.41. The molecule has 0 radical (unpaired) electrons. The molecule has 0 N–H and O–H groups in total. The molecule has 0 saturated heterocycles. The highest BCUT2D eigenvalue weighted by Crippen LogP contribution is 2.57. The highest BCUT2D eigenvalue weighted by Gasteiger charge is 2.44. The van der Waals surface area contributed by atoms with Crippen molar-refractivity contribution in [2.75, 3.05) is 9.80 Å². The third kappa shape index (κ3) is 7.94. The second-order valence-electron chi connectivity index (χ2n) is 19.9. The molecular weight excluding hydrogens is 869 g/mol. The van der Waals surface area contributed by atoms with Crippen molar-refractivity contribution in [3.05, 3.63) is 283 Å². The van der Waals surface area contributed by atoms with Crippen molar-refractivity contribution in [3.8, 4) is 44.5 Å². The van der Waals surface area contributed by atoms with Gasteiger partial charge in [-0.3, -0.25) is 0 Å². The highest BCUT2D eigenvalue weighted by molar-refractivity contribution is 6.00. The molecule has 346 valence electrons. The molecule has 1 saturated carbocycles. The molecule has 0 heterocycles. The molecule has 1 unspecified atom stereocenters. The molecule has 10 aromatic rings. The number of hydrogen-bond donors (Lipinski definition) is 0. The lowest BCUT2D eigenvalue weighted by Crippen LogP contribution is -2.28. The molecule has 0 aliphatic heterocycles. The summed E-state index contributed by atoms with van der Waals surface area (Å²) >= 11 is 0. The Labute approximate surface area is 424 Å². The Morgan fingerprint density at radius 1 is 0.375 bits per heavy atom. The summed E-state index contributed by atoms with van der Waals surface area (Å²) in [5.41, 5.74) is 21.3. The molecule has 0 bridgehead atoms. The summed E-state index contributed by atoms with van der Waals surface area (Å²) in [6.07, 6.45) is 14.5. The van der Waals surface area contributed by atoms with Gasteiger partial charge >= 0.3 is 0 Å². The van der Waals surface area contributed by atoms with Gasteiger partial charge in [-0.05, 0) is 153 Å². The zero-order valence-corrected chi connectivity index (χ0v) is 40.5. The molecule has 3 aliphatic carbocycles. The van der Waals surface area contributed by atoms with Crippen LogP contribution < -0.4 is 9.80 Å². The number of allylic oxidation sites excluding steroid dienone is 3. The lowest BCUT2D eigenvalue weighted by atomic mass is 9.68. The summed E-state index contributed by atoms with van der Waals surface area (Å²) in [6, 6.07) is 89.8. The maximum atomic E-state index is 2.55. The van der Waals surface area contributed by atoms with E-state index in [0.717, 1.165) is 29.2 Å². The molecule has 2 nitrogen and oxygen atoms in total. The molecule has 0 aromatic heterocycles. The van der Waals surface area contributed by atoms with Gasteiger partial charge in [0.05, 0.1) is 5.69 Å². The van der Waals surface area contributed by atoms with E-state index in [0.29, 0.717) is 5.92 Å². The van der Waals surface area contributed by atoms with Gasteiger partial charge < -0.3 is 9.80 Å². The molecular formula is C70H56N2. The standard InChI is InChI=1S/C70H56N2/c1-5-18-50(19-6-1)53-30-36-59(37-31-53)71(62-42-43-66-65-27-13-14-28-67(65)70(68(66)49-62)44-15-4-16-45-70)60-38-32-54(33-39-60)55-34-40-61(41-35-55)72(69-29-17-25-56-24-11-12-26-64(56)69)63-47-57(51-20-7-2-8-21-51)46-58(48-63)52-22-9-3-10-23-52/h1-3,5-14,17-30,32-43,46-49,53H,4,15-16,31,44-45H2. The van der Waals surface area contributed by atoms with Crippen LogP contribution in [0.1, 0.15) is 61.1 Å². The van der Waals surface area contributed by atoms with Gasteiger partial charge in [-0.2, -0.15) is 0 Å². The average Bonchev–Trinajstić information content (AvgIpc) is 3.72. The van der Waals surface area contributed by atoms with Crippen LogP contribution in [0.25, 0.3) is 55.3 Å². The molecule has 1 atom stereocenters. The number of benzene rings is 10. The SMILES string of the molecule is C1=CC(c2ccccc2)CC=C1N(c1ccc(-c2ccc(N(c3cc(-c4ccccc4)cc(-c4ccccc4)c3)c3cccc4ccccc34)cc2)cc1)c1ccc2c(c1)C1(CCCCC1)c1ccccc1-2. The van der Waals surface area contributed by atoms with E-state index in [2.05, 4.69) is 271 Å². The van der Waals surface area contributed by atoms with E-state index in [1.54, 1.807) is 0 Å². The van der Waals surface area contributed by atoms with Crippen LogP contribution in [0.4, 0.5) is 28.4 Å². The first kappa shape index (κ1) is 43.6. The predicted molar refractivity (Wildman–Crippen MR) is 304 cm³/mol. The first-order chi connectivity index (χ1) is 35.7. The smallest absolute Gasteiger partial charge is 0.0540 e. The number of anilines is 5. The lowest BCUT2D eigenvalue weighted by molar-refractivity contribution is 0.353.